The van der Waals surface area contributed by atoms with E-state index < -0.39 is 0 Å². The summed E-state index contributed by atoms with van der Waals surface area (Å²) in [5, 5.41) is 2.89. The molecule has 3 heterocycles. The molecule has 3 amide bonds. The zero-order chi connectivity index (χ0) is 17.2. The molecule has 134 valence electrons. The van der Waals surface area contributed by atoms with E-state index in [0.29, 0.717) is 12.5 Å². The third kappa shape index (κ3) is 3.35. The molecule has 1 aromatic carbocycles. The Hall–Kier alpha value is -2.08. The summed E-state index contributed by atoms with van der Waals surface area (Å²) < 4.78 is 0. The van der Waals surface area contributed by atoms with E-state index in [1.807, 2.05) is 28.0 Å². The lowest BCUT2D eigenvalue weighted by Crippen LogP contribution is -2.49. The standard InChI is InChI=1S/C19H26N4O2/c24-18(23-12-7-15-4-1-2-6-17(15)23)8-11-21-10-3-5-16(14-21)22-13-9-20-19(22)25/h1-2,4,6,16H,3,5,7-14H2,(H,20,25)/t16-/m1/s1. The predicted octanol–water partition coefficient (Wildman–Crippen LogP) is 1.46. The van der Waals surface area contributed by atoms with Gasteiger partial charge in [0.2, 0.25) is 5.91 Å². The zero-order valence-corrected chi connectivity index (χ0v) is 14.6. The van der Waals surface area contributed by atoms with Gasteiger partial charge in [-0.2, -0.15) is 0 Å². The molecule has 6 nitrogen and oxygen atoms in total. The molecule has 0 aliphatic carbocycles. The molecule has 1 aromatic rings. The number of hydrogen-bond acceptors (Lipinski definition) is 3. The first-order valence-corrected chi connectivity index (χ1v) is 9.37. The fourth-order valence-corrected chi connectivity index (χ4v) is 4.31. The average molecular weight is 342 g/mol. The van der Waals surface area contributed by atoms with Crippen molar-refractivity contribution in [2.75, 3.05) is 44.2 Å². The lowest BCUT2D eigenvalue weighted by Gasteiger charge is -2.37. The summed E-state index contributed by atoms with van der Waals surface area (Å²) in [5.74, 6) is 0.214. The Labute approximate surface area is 148 Å². The van der Waals surface area contributed by atoms with Crippen molar-refractivity contribution in [3.63, 3.8) is 0 Å². The van der Waals surface area contributed by atoms with Gasteiger partial charge in [0.15, 0.2) is 0 Å². The molecule has 0 spiro atoms. The molecular formula is C19H26N4O2. The summed E-state index contributed by atoms with van der Waals surface area (Å²) in [5.41, 5.74) is 2.35. The number of urea groups is 1. The van der Waals surface area contributed by atoms with E-state index in [9.17, 15) is 9.59 Å². The minimum atomic E-state index is 0.0663. The number of likely N-dealkylation sites (tertiary alicyclic amines) is 1. The van der Waals surface area contributed by atoms with Crippen LogP contribution in [0.5, 0.6) is 0 Å². The van der Waals surface area contributed by atoms with Crippen LogP contribution < -0.4 is 10.2 Å². The minimum Gasteiger partial charge on any atom is -0.336 e. The van der Waals surface area contributed by atoms with E-state index in [-0.39, 0.29) is 11.9 Å². The van der Waals surface area contributed by atoms with Crippen molar-refractivity contribution in [1.82, 2.24) is 15.1 Å². The molecule has 25 heavy (non-hydrogen) atoms. The summed E-state index contributed by atoms with van der Waals surface area (Å²) in [6.07, 6.45) is 3.66. The molecule has 6 heteroatoms. The molecule has 2 saturated heterocycles. The Morgan fingerprint density at radius 2 is 2.08 bits per heavy atom. The van der Waals surface area contributed by atoms with Gasteiger partial charge in [0.1, 0.15) is 0 Å². The van der Waals surface area contributed by atoms with Crippen LogP contribution in [0.4, 0.5) is 10.5 Å². The van der Waals surface area contributed by atoms with Gasteiger partial charge < -0.3 is 20.0 Å². The lowest BCUT2D eigenvalue weighted by molar-refractivity contribution is -0.119. The summed E-state index contributed by atoms with van der Waals surface area (Å²) in [4.78, 5) is 30.8. The van der Waals surface area contributed by atoms with Crippen molar-refractivity contribution < 1.29 is 9.59 Å². The predicted molar refractivity (Wildman–Crippen MR) is 96.7 cm³/mol. The number of anilines is 1. The van der Waals surface area contributed by atoms with Crippen LogP contribution in [-0.2, 0) is 11.2 Å². The van der Waals surface area contributed by atoms with Gasteiger partial charge in [0.05, 0.1) is 0 Å². The molecule has 2 fully saturated rings. The van der Waals surface area contributed by atoms with Crippen LogP contribution in [0.3, 0.4) is 0 Å². The number of benzene rings is 1. The highest BCUT2D eigenvalue weighted by atomic mass is 16.2. The van der Waals surface area contributed by atoms with Crippen LogP contribution >= 0.6 is 0 Å². The highest BCUT2D eigenvalue weighted by molar-refractivity contribution is 5.95. The molecule has 0 unspecified atom stereocenters. The van der Waals surface area contributed by atoms with E-state index in [2.05, 4.69) is 16.3 Å². The number of carbonyl (C=O) groups is 2. The van der Waals surface area contributed by atoms with E-state index in [0.717, 1.165) is 64.2 Å². The van der Waals surface area contributed by atoms with E-state index in [4.69, 9.17) is 0 Å². The van der Waals surface area contributed by atoms with Gasteiger partial charge in [-0.05, 0) is 37.4 Å². The smallest absolute Gasteiger partial charge is 0.317 e. The van der Waals surface area contributed by atoms with Gasteiger partial charge >= 0.3 is 6.03 Å². The molecular weight excluding hydrogens is 316 g/mol. The van der Waals surface area contributed by atoms with E-state index in [1.54, 1.807) is 0 Å². The third-order valence-corrected chi connectivity index (χ3v) is 5.64. The Bertz CT molecular complexity index is 663. The molecule has 0 aromatic heterocycles. The van der Waals surface area contributed by atoms with Crippen LogP contribution in [0.2, 0.25) is 0 Å². The molecule has 4 rings (SSSR count). The zero-order valence-electron chi connectivity index (χ0n) is 14.6. The molecule has 3 aliphatic rings. The first-order valence-electron chi connectivity index (χ1n) is 9.37. The highest BCUT2D eigenvalue weighted by Crippen LogP contribution is 2.28. The number of fused-ring (bicyclic) bond motifs is 1. The van der Waals surface area contributed by atoms with Crippen molar-refractivity contribution in [3.8, 4) is 0 Å². The van der Waals surface area contributed by atoms with Crippen molar-refractivity contribution in [3.05, 3.63) is 29.8 Å². The summed E-state index contributed by atoms with van der Waals surface area (Å²) in [6.45, 7) is 5.05. The fraction of sp³-hybridized carbons (Fsp3) is 0.579. The van der Waals surface area contributed by atoms with Crippen molar-refractivity contribution in [1.29, 1.82) is 0 Å². The van der Waals surface area contributed by atoms with E-state index >= 15 is 0 Å². The topological polar surface area (TPSA) is 55.9 Å². The number of nitrogens with one attached hydrogen (secondary N) is 1. The average Bonchev–Trinajstić information content (AvgIpc) is 3.26. The van der Waals surface area contributed by atoms with Gasteiger partial charge in [0.25, 0.3) is 0 Å². The second-order valence-corrected chi connectivity index (χ2v) is 7.20. The normalized spacial score (nSPS) is 23.7. The minimum absolute atomic E-state index is 0.0663. The van der Waals surface area contributed by atoms with Crippen LogP contribution in [0, 0.1) is 0 Å². The van der Waals surface area contributed by atoms with Gasteiger partial charge in [-0.15, -0.1) is 0 Å². The van der Waals surface area contributed by atoms with Gasteiger partial charge in [-0.25, -0.2) is 4.79 Å². The maximum absolute atomic E-state index is 12.7. The Morgan fingerprint density at radius 3 is 2.92 bits per heavy atom. The number of nitrogens with zero attached hydrogens (tertiary/aromatic N) is 3. The van der Waals surface area contributed by atoms with Crippen molar-refractivity contribution >= 4 is 17.6 Å². The number of amides is 3. The Balaban J connectivity index is 1.31. The first kappa shape index (κ1) is 16.4. The Morgan fingerprint density at radius 1 is 1.20 bits per heavy atom. The first-order chi connectivity index (χ1) is 12.2. The molecule has 1 N–H and O–H groups in total. The maximum atomic E-state index is 12.7. The van der Waals surface area contributed by atoms with Gasteiger partial charge in [-0.1, -0.05) is 18.2 Å². The SMILES string of the molecule is O=C(CCN1CCC[C@@H](N2CCNC2=O)C1)N1CCc2ccccc21. The number of rotatable bonds is 4. The summed E-state index contributed by atoms with van der Waals surface area (Å²) >= 11 is 0. The van der Waals surface area contributed by atoms with Gasteiger partial charge in [-0.3, -0.25) is 4.79 Å². The molecule has 0 saturated carbocycles. The van der Waals surface area contributed by atoms with Crippen LogP contribution in [0.1, 0.15) is 24.8 Å². The lowest BCUT2D eigenvalue weighted by atomic mass is 10.0. The Kier molecular flexibility index (Phi) is 4.61. The molecule has 0 radical (unpaired) electrons. The van der Waals surface area contributed by atoms with Crippen molar-refractivity contribution in [2.45, 2.75) is 31.7 Å². The number of carbonyl (C=O) groups excluding carboxylic acids is 2. The monoisotopic (exact) mass is 342 g/mol. The molecule has 3 aliphatic heterocycles. The molecule has 0 bridgehead atoms. The quantitative estimate of drug-likeness (QED) is 0.901. The van der Waals surface area contributed by atoms with Crippen LogP contribution in [-0.4, -0.2) is 67.0 Å². The van der Waals surface area contributed by atoms with Crippen LogP contribution in [0.25, 0.3) is 0 Å². The maximum Gasteiger partial charge on any atom is 0.317 e. The van der Waals surface area contributed by atoms with Gasteiger partial charge in [0, 0.05) is 50.9 Å². The largest absolute Gasteiger partial charge is 0.336 e. The van der Waals surface area contributed by atoms with E-state index in [1.165, 1.54) is 5.56 Å². The fourth-order valence-electron chi connectivity index (χ4n) is 4.31. The third-order valence-electron chi connectivity index (χ3n) is 5.64. The number of piperidine rings is 1. The summed E-state index contributed by atoms with van der Waals surface area (Å²) in [7, 11) is 0. The summed E-state index contributed by atoms with van der Waals surface area (Å²) in [6, 6.07) is 8.55. The number of para-hydroxylation sites is 1. The second-order valence-electron chi connectivity index (χ2n) is 7.20. The molecule has 1 atom stereocenters. The second kappa shape index (κ2) is 7.04. The highest BCUT2D eigenvalue weighted by Gasteiger charge is 2.31. The van der Waals surface area contributed by atoms with Crippen molar-refractivity contribution in [2.24, 2.45) is 0 Å². The number of hydrogen-bond donors (Lipinski definition) is 1. The van der Waals surface area contributed by atoms with Crippen LogP contribution in [0.15, 0.2) is 24.3 Å².